The van der Waals surface area contributed by atoms with Crippen molar-refractivity contribution in [3.63, 3.8) is 0 Å². The van der Waals surface area contributed by atoms with Crippen LogP contribution >= 0.6 is 0 Å². The van der Waals surface area contributed by atoms with E-state index in [2.05, 4.69) is 39.0 Å². The number of pyridine rings is 1. The summed E-state index contributed by atoms with van der Waals surface area (Å²) in [6.07, 6.45) is 1.92. The van der Waals surface area contributed by atoms with E-state index in [1.54, 1.807) is 12.1 Å². The third-order valence-electron chi connectivity index (χ3n) is 5.56. The van der Waals surface area contributed by atoms with Crippen molar-refractivity contribution in [1.82, 2.24) is 19.4 Å². The Morgan fingerprint density at radius 2 is 1.82 bits per heavy atom. The molecule has 3 aromatic rings. The largest absolute Gasteiger partial charge is 0.411 e. The average Bonchev–Trinajstić information content (AvgIpc) is 2.98. The minimum absolute atomic E-state index is 0.0128. The zero-order chi connectivity index (χ0) is 20.7. The van der Waals surface area contributed by atoms with E-state index in [0.717, 1.165) is 22.5 Å². The molecule has 0 aliphatic rings. The minimum Gasteiger partial charge on any atom is -0.411 e. The van der Waals surface area contributed by atoms with Crippen LogP contribution < -0.4 is 5.56 Å². The van der Waals surface area contributed by atoms with Crippen molar-refractivity contribution in [1.29, 1.82) is 0 Å². The van der Waals surface area contributed by atoms with E-state index in [9.17, 15) is 4.79 Å². The number of aromatic nitrogens is 4. The molecule has 3 heterocycles. The van der Waals surface area contributed by atoms with Gasteiger partial charge in [0.1, 0.15) is 0 Å². The maximum absolute atomic E-state index is 12.2. The van der Waals surface area contributed by atoms with Crippen LogP contribution in [0.25, 0.3) is 16.8 Å². The van der Waals surface area contributed by atoms with Crippen LogP contribution in [0.5, 0.6) is 0 Å². The molecular formula is C21H30N4O2Si. The van der Waals surface area contributed by atoms with Gasteiger partial charge >= 0.3 is 0 Å². The Balaban J connectivity index is 2.11. The molecule has 0 N–H and O–H groups in total. The van der Waals surface area contributed by atoms with Gasteiger partial charge in [-0.15, -0.1) is 0 Å². The molecular weight excluding hydrogens is 368 g/mol. The van der Waals surface area contributed by atoms with Crippen LogP contribution in [0.1, 0.15) is 46.4 Å². The first-order valence-corrected chi connectivity index (χ1v) is 12.6. The second-order valence-corrected chi connectivity index (χ2v) is 13.8. The summed E-state index contributed by atoms with van der Waals surface area (Å²) in [5.74, 6) is 0. The molecule has 0 aliphatic heterocycles. The molecule has 0 fully saturated rings. The van der Waals surface area contributed by atoms with Crippen molar-refractivity contribution in [2.45, 2.75) is 65.4 Å². The molecule has 3 rings (SSSR count). The Bertz CT molecular complexity index is 1040. The first-order valence-electron chi connectivity index (χ1n) is 9.72. The van der Waals surface area contributed by atoms with E-state index in [4.69, 9.17) is 9.52 Å². The summed E-state index contributed by atoms with van der Waals surface area (Å²) in [4.78, 5) is 12.2. The SMILES string of the molecule is CC(C)n1nc(-c2c(CO[Si](C)(C)C(C)(C)C)nn3ccccc23)ccc1=O. The molecule has 0 aromatic carbocycles. The monoisotopic (exact) mass is 398 g/mol. The molecule has 0 saturated heterocycles. The van der Waals surface area contributed by atoms with Crippen molar-refractivity contribution in [2.75, 3.05) is 0 Å². The summed E-state index contributed by atoms with van der Waals surface area (Å²) in [6, 6.07) is 9.29. The second kappa shape index (κ2) is 7.29. The lowest BCUT2D eigenvalue weighted by Gasteiger charge is -2.36. The van der Waals surface area contributed by atoms with Gasteiger partial charge in [-0.3, -0.25) is 4.79 Å². The van der Waals surface area contributed by atoms with Gasteiger partial charge in [-0.1, -0.05) is 26.8 Å². The smallest absolute Gasteiger partial charge is 0.267 e. The first kappa shape index (κ1) is 20.5. The van der Waals surface area contributed by atoms with E-state index < -0.39 is 8.32 Å². The van der Waals surface area contributed by atoms with Crippen molar-refractivity contribution < 1.29 is 4.43 Å². The number of rotatable bonds is 5. The quantitative estimate of drug-likeness (QED) is 0.586. The molecule has 0 atom stereocenters. The molecule has 3 aromatic heterocycles. The highest BCUT2D eigenvalue weighted by atomic mass is 28.4. The maximum atomic E-state index is 12.2. The Morgan fingerprint density at radius 1 is 1.11 bits per heavy atom. The Hall–Kier alpha value is -2.25. The van der Waals surface area contributed by atoms with Crippen LogP contribution in [0.3, 0.4) is 0 Å². The van der Waals surface area contributed by atoms with Gasteiger partial charge in [0.15, 0.2) is 8.32 Å². The number of hydrogen-bond donors (Lipinski definition) is 0. The molecule has 0 spiro atoms. The topological polar surface area (TPSA) is 61.4 Å². The summed E-state index contributed by atoms with van der Waals surface area (Å²) in [5.41, 5.74) is 3.36. The van der Waals surface area contributed by atoms with Gasteiger partial charge in [0.25, 0.3) is 5.56 Å². The Kier molecular flexibility index (Phi) is 5.33. The van der Waals surface area contributed by atoms with Gasteiger partial charge in [0.05, 0.1) is 35.1 Å². The van der Waals surface area contributed by atoms with Crippen molar-refractivity contribution in [3.8, 4) is 11.3 Å². The third kappa shape index (κ3) is 3.82. The van der Waals surface area contributed by atoms with Crippen molar-refractivity contribution in [2.24, 2.45) is 0 Å². The molecule has 150 valence electrons. The predicted octanol–water partition coefficient (Wildman–Crippen LogP) is 4.66. The van der Waals surface area contributed by atoms with Gasteiger partial charge in [-0.05, 0) is 50.2 Å². The van der Waals surface area contributed by atoms with Gasteiger partial charge in [0, 0.05) is 12.3 Å². The normalized spacial score (nSPS) is 12.9. The maximum Gasteiger partial charge on any atom is 0.267 e. The van der Waals surface area contributed by atoms with E-state index >= 15 is 0 Å². The Labute approximate surface area is 167 Å². The van der Waals surface area contributed by atoms with Gasteiger partial charge in [0.2, 0.25) is 0 Å². The lowest BCUT2D eigenvalue weighted by molar-refractivity contribution is 0.272. The molecule has 0 saturated carbocycles. The van der Waals surface area contributed by atoms with Gasteiger partial charge in [-0.25, -0.2) is 9.20 Å². The highest BCUT2D eigenvalue weighted by Crippen LogP contribution is 2.38. The molecule has 0 bridgehead atoms. The fourth-order valence-electron chi connectivity index (χ4n) is 2.82. The second-order valence-electron chi connectivity index (χ2n) is 9.00. The van der Waals surface area contributed by atoms with Crippen LogP contribution in [-0.2, 0) is 11.0 Å². The van der Waals surface area contributed by atoms with Gasteiger partial charge < -0.3 is 4.43 Å². The fraction of sp³-hybridized carbons (Fsp3) is 0.476. The summed E-state index contributed by atoms with van der Waals surface area (Å²) >= 11 is 0. The molecule has 0 radical (unpaired) electrons. The first-order chi connectivity index (χ1) is 13.0. The van der Waals surface area contributed by atoms with Crippen LogP contribution in [0.2, 0.25) is 18.1 Å². The van der Waals surface area contributed by atoms with Crippen molar-refractivity contribution in [3.05, 3.63) is 52.6 Å². The Morgan fingerprint density at radius 3 is 2.46 bits per heavy atom. The number of nitrogens with zero attached hydrogens (tertiary/aromatic N) is 4. The lowest BCUT2D eigenvalue weighted by atomic mass is 10.1. The van der Waals surface area contributed by atoms with Crippen molar-refractivity contribution >= 4 is 13.8 Å². The zero-order valence-corrected chi connectivity index (χ0v) is 18.9. The lowest BCUT2D eigenvalue weighted by Crippen LogP contribution is -2.40. The van der Waals surface area contributed by atoms with Crippen LogP contribution in [0.4, 0.5) is 0 Å². The standard InChI is InChI=1S/C21H30N4O2Si/c1-15(2)25-19(26)12-11-16(23-25)20-17(14-27-28(6,7)21(3,4)5)22-24-13-9-8-10-18(20)24/h8-13,15H,14H2,1-7H3. The van der Waals surface area contributed by atoms with E-state index in [-0.39, 0.29) is 16.6 Å². The molecule has 0 amide bonds. The summed E-state index contributed by atoms with van der Waals surface area (Å²) < 4.78 is 9.81. The summed E-state index contributed by atoms with van der Waals surface area (Å²) in [7, 11) is -1.92. The van der Waals surface area contributed by atoms with Crippen LogP contribution in [-0.4, -0.2) is 27.7 Å². The van der Waals surface area contributed by atoms with E-state index in [1.807, 2.05) is 42.8 Å². The molecule has 28 heavy (non-hydrogen) atoms. The van der Waals surface area contributed by atoms with Crippen LogP contribution in [0.15, 0.2) is 41.3 Å². The summed E-state index contributed by atoms with van der Waals surface area (Å²) in [5, 5.41) is 9.50. The molecule has 7 heteroatoms. The summed E-state index contributed by atoms with van der Waals surface area (Å²) in [6.45, 7) is 15.5. The van der Waals surface area contributed by atoms with Gasteiger partial charge in [-0.2, -0.15) is 10.2 Å². The average molecular weight is 399 g/mol. The van der Waals surface area contributed by atoms with E-state index in [0.29, 0.717) is 6.61 Å². The molecule has 0 aliphatic carbocycles. The predicted molar refractivity (Wildman–Crippen MR) is 115 cm³/mol. The minimum atomic E-state index is -1.92. The van der Waals surface area contributed by atoms with Crippen LogP contribution in [0, 0.1) is 0 Å². The highest BCUT2D eigenvalue weighted by Gasteiger charge is 2.37. The third-order valence-corrected chi connectivity index (χ3v) is 10.0. The molecule has 6 nitrogen and oxygen atoms in total. The number of fused-ring (bicyclic) bond motifs is 1. The molecule has 0 unspecified atom stereocenters. The zero-order valence-electron chi connectivity index (χ0n) is 17.9. The number of hydrogen-bond acceptors (Lipinski definition) is 4. The van der Waals surface area contributed by atoms with E-state index in [1.165, 1.54) is 4.68 Å². The fourth-order valence-corrected chi connectivity index (χ4v) is 3.75. The highest BCUT2D eigenvalue weighted by molar-refractivity contribution is 6.74.